The molecule has 0 bridgehead atoms. The summed E-state index contributed by atoms with van der Waals surface area (Å²) >= 11 is 3.14. The Hall–Kier alpha value is -0.985. The van der Waals surface area contributed by atoms with Crippen LogP contribution < -0.4 is 5.46 Å². The number of hydrogen-bond acceptors (Lipinski definition) is 4. The Morgan fingerprint density at radius 1 is 1.07 bits per heavy atom. The second-order valence-corrected chi connectivity index (χ2v) is 6.89. The van der Waals surface area contributed by atoms with Crippen molar-refractivity contribution in [2.24, 2.45) is 0 Å². The van der Waals surface area contributed by atoms with Crippen LogP contribution in [0.5, 0.6) is 0 Å². The lowest BCUT2D eigenvalue weighted by Gasteiger charge is -2.32. The molecule has 0 saturated carbocycles. The highest BCUT2D eigenvalue weighted by molar-refractivity contribution is 9.08. The number of carbonyl (C=O) groups excluding carboxylic acids is 1. The summed E-state index contributed by atoms with van der Waals surface area (Å²) in [6.07, 6.45) is 0. The lowest BCUT2D eigenvalue weighted by atomic mass is 9.75. The molecule has 4 nitrogen and oxygen atoms in total. The fraction of sp³-hybridized carbons (Fsp3) is 0.632. The Morgan fingerprint density at radius 3 is 1.89 bits per heavy atom. The van der Waals surface area contributed by atoms with E-state index in [1.54, 1.807) is 0 Å². The normalized spacial score (nSPS) is 16.7. The fourth-order valence-corrected chi connectivity index (χ4v) is 2.83. The van der Waals surface area contributed by atoms with Crippen molar-refractivity contribution in [2.75, 3.05) is 7.11 Å². The van der Waals surface area contributed by atoms with Gasteiger partial charge in [0, 0.05) is 10.9 Å². The predicted octanol–water partition coefficient (Wildman–Crippen LogP) is 5.00. The number of halogens is 3. The first-order chi connectivity index (χ1) is 12.6. The molecular weight excluding hydrogens is 421 g/mol. The van der Waals surface area contributed by atoms with Crippen molar-refractivity contribution >= 4 is 34.5 Å². The highest BCUT2D eigenvalue weighted by Gasteiger charge is 2.52. The van der Waals surface area contributed by atoms with Gasteiger partial charge in [-0.15, -0.1) is 0 Å². The van der Waals surface area contributed by atoms with E-state index in [0.29, 0.717) is 0 Å². The van der Waals surface area contributed by atoms with E-state index in [2.05, 4.69) is 20.7 Å². The van der Waals surface area contributed by atoms with Gasteiger partial charge in [-0.2, -0.15) is 0 Å². The largest absolute Gasteiger partial charge is 0.495 e. The van der Waals surface area contributed by atoms with Crippen molar-refractivity contribution in [1.29, 1.82) is 0 Å². The number of benzene rings is 1. The molecule has 154 valence electrons. The molecule has 1 heterocycles. The molecule has 0 amide bonds. The lowest BCUT2D eigenvalue weighted by molar-refractivity contribution is 0.00578. The average Bonchev–Trinajstić information content (AvgIpc) is 2.87. The SMILES string of the molecule is CC.CC.COC(=O)c1cc(B2OC(C)(C)C(C)(C)O2)c(CBr)c(F)c1F. The Bertz CT molecular complexity index is 635. The van der Waals surface area contributed by atoms with E-state index < -0.39 is 41.5 Å². The van der Waals surface area contributed by atoms with E-state index in [-0.39, 0.29) is 16.4 Å². The Balaban J connectivity index is 0.00000158. The van der Waals surface area contributed by atoms with Gasteiger partial charge in [0.05, 0.1) is 23.9 Å². The maximum Gasteiger partial charge on any atom is 0.495 e. The monoisotopic (exact) mass is 450 g/mol. The summed E-state index contributed by atoms with van der Waals surface area (Å²) < 4.78 is 44.7. The minimum atomic E-state index is -1.24. The second kappa shape index (κ2) is 10.5. The average molecular weight is 451 g/mol. The highest BCUT2D eigenvalue weighted by Crippen LogP contribution is 2.37. The van der Waals surface area contributed by atoms with Gasteiger partial charge in [0.1, 0.15) is 0 Å². The van der Waals surface area contributed by atoms with Crippen molar-refractivity contribution in [3.63, 3.8) is 0 Å². The second-order valence-electron chi connectivity index (χ2n) is 6.33. The van der Waals surface area contributed by atoms with Gasteiger partial charge in [0.25, 0.3) is 0 Å². The zero-order valence-corrected chi connectivity index (χ0v) is 19.2. The van der Waals surface area contributed by atoms with Crippen LogP contribution in [0.15, 0.2) is 6.07 Å². The summed E-state index contributed by atoms with van der Waals surface area (Å²) in [5, 5.41) is 0.0522. The Kier molecular flexibility index (Phi) is 10.1. The number of alkyl halides is 1. The topological polar surface area (TPSA) is 44.8 Å². The predicted molar refractivity (Wildman–Crippen MR) is 109 cm³/mol. The van der Waals surface area contributed by atoms with Crippen molar-refractivity contribution in [1.82, 2.24) is 0 Å². The smallest absolute Gasteiger partial charge is 0.465 e. The van der Waals surface area contributed by atoms with Crippen molar-refractivity contribution in [2.45, 2.75) is 71.9 Å². The molecule has 1 aromatic carbocycles. The molecule has 8 heteroatoms. The van der Waals surface area contributed by atoms with Crippen molar-refractivity contribution in [3.05, 3.63) is 28.8 Å². The number of ether oxygens (including phenoxy) is 1. The van der Waals surface area contributed by atoms with Crippen LogP contribution in [0.1, 0.15) is 71.3 Å². The van der Waals surface area contributed by atoms with Crippen LogP contribution in [0.25, 0.3) is 0 Å². The molecule has 0 unspecified atom stereocenters. The van der Waals surface area contributed by atoms with Gasteiger partial charge in [0.15, 0.2) is 11.6 Å². The van der Waals surface area contributed by atoms with Gasteiger partial charge in [-0.25, -0.2) is 13.6 Å². The van der Waals surface area contributed by atoms with E-state index in [0.717, 1.165) is 7.11 Å². The molecule has 0 atom stereocenters. The lowest BCUT2D eigenvalue weighted by Crippen LogP contribution is -2.41. The zero-order valence-electron chi connectivity index (χ0n) is 17.6. The van der Waals surface area contributed by atoms with E-state index in [4.69, 9.17) is 9.31 Å². The van der Waals surface area contributed by atoms with Gasteiger partial charge in [-0.05, 0) is 39.2 Å². The summed E-state index contributed by atoms with van der Waals surface area (Å²) in [7, 11) is 0.193. The van der Waals surface area contributed by atoms with Gasteiger partial charge in [-0.3, -0.25) is 0 Å². The maximum atomic E-state index is 14.3. The molecule has 0 spiro atoms. The third-order valence-electron chi connectivity index (χ3n) is 4.39. The maximum absolute atomic E-state index is 14.3. The molecule has 2 rings (SSSR count). The Morgan fingerprint density at radius 2 is 1.52 bits per heavy atom. The van der Waals surface area contributed by atoms with Crippen LogP contribution in [0.2, 0.25) is 0 Å². The standard InChI is InChI=1S/C15H18BBrF2O4.2C2H6/c1-14(2)15(3,4)23-16(22-14)10-6-8(13(20)21-5)11(18)12(19)9(10)7-17;2*1-2/h6H,7H2,1-5H3;2*1-2H3. The van der Waals surface area contributed by atoms with Crippen LogP contribution in [0.4, 0.5) is 8.78 Å². The number of hydrogen-bond donors (Lipinski definition) is 0. The Labute approximate surface area is 170 Å². The van der Waals surface area contributed by atoms with E-state index in [9.17, 15) is 13.6 Å². The first-order valence-electron chi connectivity index (χ1n) is 9.06. The molecule has 1 aliphatic heterocycles. The molecule has 1 aliphatic rings. The third kappa shape index (κ3) is 5.30. The molecule has 27 heavy (non-hydrogen) atoms. The number of esters is 1. The first-order valence-corrected chi connectivity index (χ1v) is 10.2. The molecule has 0 N–H and O–H groups in total. The van der Waals surface area contributed by atoms with Crippen LogP contribution in [0.3, 0.4) is 0 Å². The van der Waals surface area contributed by atoms with Crippen molar-refractivity contribution in [3.8, 4) is 0 Å². The number of rotatable bonds is 3. The molecular formula is C19H30BBrF2O4. The van der Waals surface area contributed by atoms with Gasteiger partial charge >= 0.3 is 13.1 Å². The molecule has 0 aromatic heterocycles. The number of methoxy groups -OCH3 is 1. The molecule has 1 aromatic rings. The minimum Gasteiger partial charge on any atom is -0.465 e. The van der Waals surface area contributed by atoms with E-state index in [1.807, 2.05) is 55.4 Å². The molecule has 0 radical (unpaired) electrons. The summed E-state index contributed by atoms with van der Waals surface area (Å²) in [5.74, 6) is -3.32. The third-order valence-corrected chi connectivity index (χ3v) is 4.95. The molecule has 1 fully saturated rings. The molecule has 0 aliphatic carbocycles. The highest BCUT2D eigenvalue weighted by atomic mass is 79.9. The van der Waals surface area contributed by atoms with E-state index >= 15 is 0 Å². The zero-order chi connectivity index (χ0) is 21.6. The minimum absolute atomic E-state index is 0.0497. The van der Waals surface area contributed by atoms with Crippen LogP contribution in [-0.2, 0) is 19.4 Å². The fourth-order valence-electron chi connectivity index (χ4n) is 2.26. The van der Waals surface area contributed by atoms with Gasteiger partial charge < -0.3 is 14.0 Å². The van der Waals surface area contributed by atoms with Gasteiger partial charge in [0.2, 0.25) is 0 Å². The summed E-state index contributed by atoms with van der Waals surface area (Å²) in [5.41, 5.74) is -1.46. The summed E-state index contributed by atoms with van der Waals surface area (Å²) in [6.45, 7) is 15.4. The summed E-state index contributed by atoms with van der Waals surface area (Å²) in [4.78, 5) is 11.7. The first kappa shape index (κ1) is 26.0. The molecule has 1 saturated heterocycles. The van der Waals surface area contributed by atoms with Gasteiger partial charge in [-0.1, -0.05) is 43.6 Å². The van der Waals surface area contributed by atoms with Crippen LogP contribution in [0, 0.1) is 11.6 Å². The quantitative estimate of drug-likeness (QED) is 0.369. The van der Waals surface area contributed by atoms with Crippen LogP contribution in [-0.4, -0.2) is 31.4 Å². The summed E-state index contributed by atoms with van der Waals surface area (Å²) in [6, 6.07) is 1.23. The number of carbonyl (C=O) groups is 1. The van der Waals surface area contributed by atoms with Crippen LogP contribution >= 0.6 is 15.9 Å². The van der Waals surface area contributed by atoms with E-state index in [1.165, 1.54) is 6.07 Å². The van der Waals surface area contributed by atoms with Crippen molar-refractivity contribution < 1.29 is 27.6 Å².